The van der Waals surface area contributed by atoms with E-state index in [9.17, 15) is 9.00 Å². The zero-order valence-electron chi connectivity index (χ0n) is 21.5. The number of nitrogens with one attached hydrogen (secondary N) is 1. The summed E-state index contributed by atoms with van der Waals surface area (Å²) in [5.41, 5.74) is 0.448. The molecule has 37 heavy (non-hydrogen) atoms. The molecular formula is C25H31FN6O4S. The Labute approximate surface area is 215 Å². The number of rotatable bonds is 5. The molecule has 1 saturated heterocycles. The van der Waals surface area contributed by atoms with Crippen molar-refractivity contribution < 1.29 is 22.9 Å². The van der Waals surface area contributed by atoms with E-state index in [1.165, 1.54) is 24.9 Å². The molecule has 2 aromatic heterocycles. The number of carbonyl (C=O) groups is 1. The average Bonchev–Trinajstić information content (AvgIpc) is 2.78. The Morgan fingerprint density at radius 3 is 2.76 bits per heavy atom. The summed E-state index contributed by atoms with van der Waals surface area (Å²) in [5, 5.41) is 3.26. The fraction of sp³-hybridized carbons (Fsp3) is 0.440. The summed E-state index contributed by atoms with van der Waals surface area (Å²) >= 11 is 0. The summed E-state index contributed by atoms with van der Waals surface area (Å²) in [5.74, 6) is -0.0802. The normalized spacial score (nSPS) is 16.4. The third-order valence-corrected chi connectivity index (χ3v) is 5.98. The molecule has 10 nitrogen and oxygen atoms in total. The van der Waals surface area contributed by atoms with Crippen LogP contribution in [0.2, 0.25) is 0 Å². The Bertz CT molecular complexity index is 1430. The Balaban J connectivity index is 1.57. The highest BCUT2D eigenvalue weighted by molar-refractivity contribution is 7.92. The highest BCUT2D eigenvalue weighted by Gasteiger charge is 2.29. The average molecular weight is 531 g/mol. The van der Waals surface area contributed by atoms with Gasteiger partial charge in [0.15, 0.2) is 0 Å². The number of nitrogens with zero attached hydrogens (tertiary/aromatic N) is 5. The van der Waals surface area contributed by atoms with E-state index in [1.807, 2.05) is 20.8 Å². The number of carbonyl (C=O) groups excluding carboxylic acids is 1. The molecule has 1 aliphatic rings. The minimum atomic E-state index is -2.47. The lowest BCUT2D eigenvalue weighted by Gasteiger charge is -2.34. The fourth-order valence-corrected chi connectivity index (χ4v) is 4.53. The van der Waals surface area contributed by atoms with Crippen molar-refractivity contribution in [3.8, 4) is 5.88 Å². The van der Waals surface area contributed by atoms with E-state index in [2.05, 4.69) is 24.6 Å². The third kappa shape index (κ3) is 7.03. The van der Waals surface area contributed by atoms with Crippen molar-refractivity contribution in [1.29, 1.82) is 0 Å². The molecule has 1 amide bonds. The molecule has 1 atom stereocenters. The number of likely N-dealkylation sites (tertiary alicyclic amines) is 1. The van der Waals surface area contributed by atoms with Gasteiger partial charge in [-0.3, -0.25) is 0 Å². The highest BCUT2D eigenvalue weighted by Crippen LogP contribution is 2.33. The van der Waals surface area contributed by atoms with Crippen molar-refractivity contribution in [1.82, 2.24) is 19.9 Å². The van der Waals surface area contributed by atoms with Crippen LogP contribution in [0.3, 0.4) is 0 Å². The molecule has 12 heteroatoms. The fourth-order valence-electron chi connectivity index (χ4n) is 3.92. The van der Waals surface area contributed by atoms with Gasteiger partial charge in [-0.1, -0.05) is 0 Å². The maximum absolute atomic E-state index is 15.1. The second kappa shape index (κ2) is 10.4. The van der Waals surface area contributed by atoms with Gasteiger partial charge in [0.2, 0.25) is 5.88 Å². The van der Waals surface area contributed by atoms with Crippen molar-refractivity contribution in [2.24, 2.45) is 4.36 Å². The van der Waals surface area contributed by atoms with Gasteiger partial charge in [-0.05, 0) is 51.8 Å². The van der Waals surface area contributed by atoms with E-state index in [0.29, 0.717) is 30.2 Å². The van der Waals surface area contributed by atoms with Crippen LogP contribution in [0.25, 0.3) is 10.9 Å². The molecule has 0 bridgehead atoms. The summed E-state index contributed by atoms with van der Waals surface area (Å²) in [6.07, 6.45) is 6.68. The largest absolute Gasteiger partial charge is 0.471 e. The zero-order chi connectivity index (χ0) is 26.8. The standard InChI is InChI=1S/C25H31FN6O4S/c1-25(2,3)36-24(33)32-11-7-8-17(14-32)35-23-19(9-6-10-27-23)30-22-21-18(26)12-16(31-37(4,5)34)13-20(21)28-15-29-22/h6,9-10,12-13,15,17H,7-8,11,14H2,1-5H3,(H,28,29,30)/t17-/m1/s1. The first-order valence-electron chi connectivity index (χ1n) is 11.9. The number of fused-ring (bicyclic) bond motifs is 1. The Morgan fingerprint density at radius 2 is 2.03 bits per heavy atom. The molecule has 0 spiro atoms. The lowest BCUT2D eigenvalue weighted by atomic mass is 10.1. The Hall–Kier alpha value is -3.54. The quantitative estimate of drug-likeness (QED) is 0.487. The smallest absolute Gasteiger partial charge is 0.410 e. The lowest BCUT2D eigenvalue weighted by Crippen LogP contribution is -2.46. The maximum Gasteiger partial charge on any atom is 0.410 e. The van der Waals surface area contributed by atoms with Crippen LogP contribution in [0.5, 0.6) is 5.88 Å². The second-order valence-electron chi connectivity index (χ2n) is 10.1. The summed E-state index contributed by atoms with van der Waals surface area (Å²) in [7, 11) is -2.47. The van der Waals surface area contributed by atoms with E-state index < -0.39 is 21.1 Å². The van der Waals surface area contributed by atoms with Crippen molar-refractivity contribution in [2.45, 2.75) is 45.3 Å². The number of hydrogen-bond donors (Lipinski definition) is 1. The maximum atomic E-state index is 15.1. The monoisotopic (exact) mass is 530 g/mol. The first-order valence-corrected chi connectivity index (χ1v) is 14.2. The van der Waals surface area contributed by atoms with E-state index in [1.54, 1.807) is 29.3 Å². The van der Waals surface area contributed by atoms with Crippen molar-refractivity contribution in [3.05, 3.63) is 42.6 Å². The molecule has 1 aliphatic heterocycles. The lowest BCUT2D eigenvalue weighted by molar-refractivity contribution is 0.00733. The first-order chi connectivity index (χ1) is 17.4. The number of aromatic nitrogens is 3. The molecule has 0 saturated carbocycles. The van der Waals surface area contributed by atoms with E-state index in [0.717, 1.165) is 12.8 Å². The first kappa shape index (κ1) is 26.5. The number of hydrogen-bond acceptors (Lipinski definition) is 9. The number of halogens is 1. The van der Waals surface area contributed by atoms with Crippen LogP contribution in [-0.2, 0) is 14.5 Å². The summed E-state index contributed by atoms with van der Waals surface area (Å²) in [6.45, 7) is 6.44. The molecule has 1 aromatic carbocycles. The number of amides is 1. The van der Waals surface area contributed by atoms with E-state index in [4.69, 9.17) is 9.47 Å². The summed E-state index contributed by atoms with van der Waals surface area (Å²) < 4.78 is 42.9. The summed E-state index contributed by atoms with van der Waals surface area (Å²) in [6, 6.07) is 6.23. The number of ether oxygens (including phenoxy) is 2. The van der Waals surface area contributed by atoms with Crippen LogP contribution in [0.4, 0.5) is 26.4 Å². The van der Waals surface area contributed by atoms with Crippen LogP contribution in [0.1, 0.15) is 33.6 Å². The molecule has 0 aliphatic carbocycles. The Morgan fingerprint density at radius 1 is 1.24 bits per heavy atom. The highest BCUT2D eigenvalue weighted by atomic mass is 32.2. The molecule has 0 radical (unpaired) electrons. The van der Waals surface area contributed by atoms with Crippen LogP contribution in [-0.4, -0.2) is 67.5 Å². The van der Waals surface area contributed by atoms with Crippen molar-refractivity contribution in [3.63, 3.8) is 0 Å². The van der Waals surface area contributed by atoms with Gasteiger partial charge in [0, 0.05) is 41.0 Å². The SMILES string of the molecule is CC(C)(C)OC(=O)N1CCC[C@@H](Oc2ncccc2Nc2ncnc3cc(N=S(C)(C)=O)cc(F)c23)C1. The molecule has 3 heterocycles. The van der Waals surface area contributed by atoms with Crippen LogP contribution in [0.15, 0.2) is 41.2 Å². The minimum absolute atomic E-state index is 0.156. The minimum Gasteiger partial charge on any atom is -0.471 e. The predicted molar refractivity (Wildman–Crippen MR) is 141 cm³/mol. The Kier molecular flexibility index (Phi) is 7.49. The van der Waals surface area contributed by atoms with Gasteiger partial charge >= 0.3 is 6.09 Å². The van der Waals surface area contributed by atoms with Gasteiger partial charge < -0.3 is 19.7 Å². The van der Waals surface area contributed by atoms with Gasteiger partial charge in [-0.25, -0.2) is 28.3 Å². The van der Waals surface area contributed by atoms with Crippen LogP contribution >= 0.6 is 0 Å². The van der Waals surface area contributed by atoms with Crippen molar-refractivity contribution >= 4 is 43.9 Å². The second-order valence-corrected chi connectivity index (χ2v) is 12.7. The van der Waals surface area contributed by atoms with Crippen molar-refractivity contribution in [2.75, 3.05) is 30.9 Å². The molecule has 198 valence electrons. The van der Waals surface area contributed by atoms with Gasteiger partial charge in [0.25, 0.3) is 0 Å². The number of piperidine rings is 1. The van der Waals surface area contributed by atoms with Gasteiger partial charge in [-0.2, -0.15) is 4.36 Å². The molecular weight excluding hydrogens is 499 g/mol. The predicted octanol–water partition coefficient (Wildman–Crippen LogP) is 5.04. The number of benzene rings is 1. The molecule has 1 fully saturated rings. The third-order valence-electron chi connectivity index (χ3n) is 5.33. The van der Waals surface area contributed by atoms with E-state index in [-0.39, 0.29) is 29.1 Å². The van der Waals surface area contributed by atoms with Gasteiger partial charge in [-0.15, -0.1) is 0 Å². The van der Waals surface area contributed by atoms with Gasteiger partial charge in [0.1, 0.15) is 35.4 Å². The van der Waals surface area contributed by atoms with Crippen LogP contribution in [0, 0.1) is 5.82 Å². The topological polar surface area (TPSA) is 119 Å². The zero-order valence-corrected chi connectivity index (χ0v) is 22.3. The molecule has 0 unspecified atom stereocenters. The van der Waals surface area contributed by atoms with Crippen LogP contribution < -0.4 is 10.1 Å². The molecule has 3 aromatic rings. The van der Waals surface area contributed by atoms with Gasteiger partial charge in [0.05, 0.1) is 23.1 Å². The number of anilines is 2. The summed E-state index contributed by atoms with van der Waals surface area (Å²) in [4.78, 5) is 26.9. The molecule has 4 rings (SSSR count). The number of pyridine rings is 1. The van der Waals surface area contributed by atoms with E-state index >= 15 is 4.39 Å². The molecule has 1 N–H and O–H groups in total.